The molecule has 104 valence electrons. The number of ether oxygens (including phenoxy) is 1. The van der Waals surface area contributed by atoms with Crippen LogP contribution in [0.25, 0.3) is 0 Å². The minimum atomic E-state index is -0.528. The zero-order valence-electron chi connectivity index (χ0n) is 11.7. The van der Waals surface area contributed by atoms with Gasteiger partial charge in [0.15, 0.2) is 0 Å². The predicted molar refractivity (Wildman–Crippen MR) is 73.9 cm³/mol. The molecule has 0 saturated heterocycles. The highest BCUT2D eigenvalue weighted by molar-refractivity contribution is 5.68. The summed E-state index contributed by atoms with van der Waals surface area (Å²) >= 11 is 0. The molecule has 0 heterocycles. The van der Waals surface area contributed by atoms with Gasteiger partial charge in [-0.05, 0) is 32.8 Å². The van der Waals surface area contributed by atoms with Gasteiger partial charge >= 0.3 is 6.09 Å². The molecule has 0 spiro atoms. The number of benzene rings is 1. The molecule has 0 bridgehead atoms. The van der Waals surface area contributed by atoms with Crippen molar-refractivity contribution >= 4 is 12.4 Å². The van der Waals surface area contributed by atoms with Gasteiger partial charge < -0.3 is 14.8 Å². The number of nitrogens with one attached hydrogen (secondary N) is 1. The Balaban J connectivity index is 2.41. The molecule has 0 radical (unpaired) electrons. The summed E-state index contributed by atoms with van der Waals surface area (Å²) in [4.78, 5) is 22.5. The highest BCUT2D eigenvalue weighted by Gasteiger charge is 2.17. The number of hydrogen-bond acceptors (Lipinski definition) is 3. The number of hydrogen-bond donors (Lipinski definition) is 1. The molecule has 0 fully saturated rings. The van der Waals surface area contributed by atoms with Crippen molar-refractivity contribution < 1.29 is 14.3 Å². The van der Waals surface area contributed by atoms with Gasteiger partial charge in [-0.3, -0.25) is 0 Å². The first kappa shape index (κ1) is 15.2. The Morgan fingerprint density at radius 3 is 2.47 bits per heavy atom. The average Bonchev–Trinajstić information content (AvgIpc) is 2.33. The van der Waals surface area contributed by atoms with E-state index in [1.54, 1.807) is 20.8 Å². The van der Waals surface area contributed by atoms with E-state index in [-0.39, 0.29) is 12.5 Å². The van der Waals surface area contributed by atoms with Crippen LogP contribution in [0, 0.1) is 5.92 Å². The Morgan fingerprint density at radius 2 is 1.95 bits per heavy atom. The average molecular weight is 263 g/mol. The zero-order chi connectivity index (χ0) is 14.3. The second-order valence-corrected chi connectivity index (χ2v) is 5.47. The molecule has 1 atom stereocenters. The summed E-state index contributed by atoms with van der Waals surface area (Å²) in [6.45, 7) is 5.68. The number of amides is 1. The fourth-order valence-corrected chi connectivity index (χ4v) is 1.61. The number of carbonyl (C=O) groups excluding carboxylic acids is 2. The van der Waals surface area contributed by atoms with Crippen molar-refractivity contribution in [1.29, 1.82) is 0 Å². The van der Waals surface area contributed by atoms with E-state index in [2.05, 4.69) is 5.32 Å². The summed E-state index contributed by atoms with van der Waals surface area (Å²) in [5.74, 6) is -0.241. The van der Waals surface area contributed by atoms with Crippen molar-refractivity contribution in [1.82, 2.24) is 5.32 Å². The predicted octanol–water partition coefficient (Wildman–Crippen LogP) is 2.57. The van der Waals surface area contributed by atoms with Crippen molar-refractivity contribution in [2.45, 2.75) is 32.8 Å². The second kappa shape index (κ2) is 6.92. The molecule has 0 aliphatic carbocycles. The van der Waals surface area contributed by atoms with Crippen molar-refractivity contribution in [3.05, 3.63) is 35.9 Å². The lowest BCUT2D eigenvalue weighted by atomic mass is 10.0. The summed E-state index contributed by atoms with van der Waals surface area (Å²) < 4.78 is 5.12. The molecule has 0 aromatic heterocycles. The second-order valence-electron chi connectivity index (χ2n) is 5.47. The highest BCUT2D eigenvalue weighted by Crippen LogP contribution is 2.08. The van der Waals surface area contributed by atoms with E-state index < -0.39 is 11.7 Å². The number of aldehydes is 1. The van der Waals surface area contributed by atoms with E-state index in [1.165, 1.54) is 0 Å². The Hall–Kier alpha value is -1.84. The van der Waals surface area contributed by atoms with Crippen LogP contribution in [-0.4, -0.2) is 24.5 Å². The van der Waals surface area contributed by atoms with Gasteiger partial charge in [0.25, 0.3) is 0 Å². The summed E-state index contributed by atoms with van der Waals surface area (Å²) in [6.07, 6.45) is 0.984. The molecule has 1 aromatic carbocycles. The summed E-state index contributed by atoms with van der Waals surface area (Å²) in [7, 11) is 0. The third kappa shape index (κ3) is 6.60. The first-order valence-corrected chi connectivity index (χ1v) is 6.37. The standard InChI is InChI=1S/C15H21NO3/c1-15(2,3)19-14(18)16-10-13(11-17)9-12-7-5-4-6-8-12/h4-8,11,13H,9-10H2,1-3H3,(H,16,18)/t13-/m0/s1. The van der Waals surface area contributed by atoms with Crippen LogP contribution in [0.2, 0.25) is 0 Å². The normalized spacial score (nSPS) is 12.6. The van der Waals surface area contributed by atoms with Crippen LogP contribution in [0.5, 0.6) is 0 Å². The van der Waals surface area contributed by atoms with Gasteiger partial charge in [0, 0.05) is 12.5 Å². The fourth-order valence-electron chi connectivity index (χ4n) is 1.61. The molecule has 0 aliphatic rings. The van der Waals surface area contributed by atoms with Crippen molar-refractivity contribution in [2.24, 2.45) is 5.92 Å². The third-order valence-electron chi connectivity index (χ3n) is 2.44. The largest absolute Gasteiger partial charge is 0.444 e. The van der Waals surface area contributed by atoms with E-state index >= 15 is 0 Å². The topological polar surface area (TPSA) is 55.4 Å². The van der Waals surface area contributed by atoms with Crippen LogP contribution in [0.1, 0.15) is 26.3 Å². The molecular weight excluding hydrogens is 242 g/mol. The fraction of sp³-hybridized carbons (Fsp3) is 0.467. The maximum Gasteiger partial charge on any atom is 0.407 e. The van der Waals surface area contributed by atoms with Gasteiger partial charge in [-0.15, -0.1) is 0 Å². The van der Waals surface area contributed by atoms with E-state index in [1.807, 2.05) is 30.3 Å². The third-order valence-corrected chi connectivity index (χ3v) is 2.44. The molecule has 1 rings (SSSR count). The van der Waals surface area contributed by atoms with Crippen molar-refractivity contribution in [3.8, 4) is 0 Å². The van der Waals surface area contributed by atoms with Crippen LogP contribution >= 0.6 is 0 Å². The van der Waals surface area contributed by atoms with Crippen LogP contribution < -0.4 is 5.32 Å². The Bertz CT molecular complexity index is 409. The molecule has 1 amide bonds. The lowest BCUT2D eigenvalue weighted by Gasteiger charge is -2.20. The molecule has 0 unspecified atom stereocenters. The molecule has 0 aliphatic heterocycles. The number of carbonyl (C=O) groups is 2. The van der Waals surface area contributed by atoms with Crippen molar-refractivity contribution in [2.75, 3.05) is 6.54 Å². The molecule has 4 nitrogen and oxygen atoms in total. The van der Waals surface area contributed by atoms with Crippen LogP contribution in [0.3, 0.4) is 0 Å². The first-order valence-electron chi connectivity index (χ1n) is 6.37. The Kier molecular flexibility index (Phi) is 5.55. The minimum absolute atomic E-state index is 0.241. The summed E-state index contributed by atoms with van der Waals surface area (Å²) in [5.41, 5.74) is 0.547. The molecule has 1 aromatic rings. The maximum absolute atomic E-state index is 11.5. The van der Waals surface area contributed by atoms with Crippen LogP contribution in [0.4, 0.5) is 4.79 Å². The first-order chi connectivity index (χ1) is 8.90. The zero-order valence-corrected chi connectivity index (χ0v) is 11.7. The SMILES string of the molecule is CC(C)(C)OC(=O)NC[C@@H](C=O)Cc1ccccc1. The maximum atomic E-state index is 11.5. The number of rotatable bonds is 5. The number of alkyl carbamates (subject to hydrolysis) is 1. The lowest BCUT2D eigenvalue weighted by molar-refractivity contribution is -0.110. The van der Waals surface area contributed by atoms with E-state index in [0.717, 1.165) is 11.8 Å². The molecule has 4 heteroatoms. The monoisotopic (exact) mass is 263 g/mol. The van der Waals surface area contributed by atoms with Gasteiger partial charge in [-0.2, -0.15) is 0 Å². The van der Waals surface area contributed by atoms with Gasteiger partial charge in [-0.25, -0.2) is 4.79 Å². The Labute approximate surface area is 114 Å². The van der Waals surface area contributed by atoms with E-state index in [9.17, 15) is 9.59 Å². The quantitative estimate of drug-likeness (QED) is 0.831. The van der Waals surface area contributed by atoms with E-state index in [0.29, 0.717) is 6.42 Å². The Morgan fingerprint density at radius 1 is 1.32 bits per heavy atom. The molecule has 1 N–H and O–H groups in total. The molecular formula is C15H21NO3. The van der Waals surface area contributed by atoms with Crippen molar-refractivity contribution in [3.63, 3.8) is 0 Å². The minimum Gasteiger partial charge on any atom is -0.444 e. The van der Waals surface area contributed by atoms with Gasteiger partial charge in [-0.1, -0.05) is 30.3 Å². The van der Waals surface area contributed by atoms with E-state index in [4.69, 9.17) is 4.74 Å². The molecule has 19 heavy (non-hydrogen) atoms. The smallest absolute Gasteiger partial charge is 0.407 e. The van der Waals surface area contributed by atoms with Gasteiger partial charge in [0.1, 0.15) is 11.9 Å². The van der Waals surface area contributed by atoms with Crippen LogP contribution in [0.15, 0.2) is 30.3 Å². The summed E-state index contributed by atoms with van der Waals surface area (Å²) in [5, 5.41) is 2.62. The lowest BCUT2D eigenvalue weighted by Crippen LogP contribution is -2.36. The summed E-state index contributed by atoms with van der Waals surface area (Å²) in [6, 6.07) is 9.71. The highest BCUT2D eigenvalue weighted by atomic mass is 16.6. The van der Waals surface area contributed by atoms with Crippen LogP contribution in [-0.2, 0) is 16.0 Å². The van der Waals surface area contributed by atoms with Gasteiger partial charge in [0.2, 0.25) is 0 Å². The molecule has 0 saturated carbocycles. The van der Waals surface area contributed by atoms with Gasteiger partial charge in [0.05, 0.1) is 0 Å².